The molecule has 1 N–H and O–H groups in total. The lowest BCUT2D eigenvalue weighted by atomic mass is 10.1. The predicted molar refractivity (Wildman–Crippen MR) is 124 cm³/mol. The number of anilines is 2. The number of methoxy groups -OCH3 is 1. The summed E-state index contributed by atoms with van der Waals surface area (Å²) in [5.74, 6) is -1.11. The van der Waals surface area contributed by atoms with Gasteiger partial charge in [0.2, 0.25) is 5.91 Å². The Bertz CT molecular complexity index is 1230. The van der Waals surface area contributed by atoms with Crippen molar-refractivity contribution in [2.75, 3.05) is 23.3 Å². The Hall–Kier alpha value is -3.36. The zero-order chi connectivity index (χ0) is 23.3. The smallest absolute Gasteiger partial charge is 0.338 e. The highest BCUT2D eigenvalue weighted by molar-refractivity contribution is 7.92. The molecule has 3 rings (SSSR count). The fraction of sp³-hybridized carbons (Fsp3) is 0.130. The first-order valence-corrected chi connectivity index (χ1v) is 11.4. The molecule has 0 aliphatic carbocycles. The van der Waals surface area contributed by atoms with Crippen LogP contribution in [-0.4, -0.2) is 33.9 Å². The van der Waals surface area contributed by atoms with Gasteiger partial charge in [0, 0.05) is 10.7 Å². The Kier molecular flexibility index (Phi) is 7.17. The minimum absolute atomic E-state index is 0.0478. The number of esters is 1. The van der Waals surface area contributed by atoms with E-state index in [0.29, 0.717) is 21.8 Å². The third-order valence-corrected chi connectivity index (χ3v) is 6.79. The molecule has 0 aliphatic heterocycles. The van der Waals surface area contributed by atoms with Gasteiger partial charge < -0.3 is 10.1 Å². The van der Waals surface area contributed by atoms with E-state index in [1.54, 1.807) is 55.5 Å². The van der Waals surface area contributed by atoms with Crippen LogP contribution < -0.4 is 9.62 Å². The molecule has 0 saturated carbocycles. The van der Waals surface area contributed by atoms with Crippen LogP contribution in [0.3, 0.4) is 0 Å². The maximum atomic E-state index is 13.3. The van der Waals surface area contributed by atoms with Gasteiger partial charge in [-0.25, -0.2) is 13.2 Å². The Balaban J connectivity index is 1.93. The van der Waals surface area contributed by atoms with Crippen molar-refractivity contribution in [2.24, 2.45) is 0 Å². The van der Waals surface area contributed by atoms with Crippen LogP contribution >= 0.6 is 11.6 Å². The summed E-state index contributed by atoms with van der Waals surface area (Å²) < 4.78 is 32.4. The van der Waals surface area contributed by atoms with Crippen LogP contribution in [0.15, 0.2) is 77.7 Å². The van der Waals surface area contributed by atoms with Crippen molar-refractivity contribution in [1.82, 2.24) is 0 Å². The predicted octanol–water partition coefficient (Wildman–Crippen LogP) is 4.27. The van der Waals surface area contributed by atoms with E-state index < -0.39 is 28.4 Å². The van der Waals surface area contributed by atoms with Gasteiger partial charge in [-0.3, -0.25) is 9.10 Å². The molecule has 7 nitrogen and oxygen atoms in total. The van der Waals surface area contributed by atoms with Crippen molar-refractivity contribution < 1.29 is 22.7 Å². The molecule has 0 saturated heterocycles. The van der Waals surface area contributed by atoms with E-state index in [1.165, 1.54) is 31.4 Å². The summed E-state index contributed by atoms with van der Waals surface area (Å²) in [4.78, 5) is 24.9. The molecule has 3 aromatic rings. The van der Waals surface area contributed by atoms with E-state index >= 15 is 0 Å². The molecular weight excluding hydrogens is 452 g/mol. The number of carbonyl (C=O) groups excluding carboxylic acids is 2. The summed E-state index contributed by atoms with van der Waals surface area (Å²) in [6, 6.07) is 18.8. The van der Waals surface area contributed by atoms with E-state index in [9.17, 15) is 18.0 Å². The number of amides is 1. The lowest BCUT2D eigenvalue weighted by molar-refractivity contribution is -0.114. The number of nitrogens with one attached hydrogen (secondary N) is 1. The first-order chi connectivity index (χ1) is 15.2. The molecule has 0 bridgehead atoms. The van der Waals surface area contributed by atoms with Crippen molar-refractivity contribution in [3.05, 3.63) is 88.9 Å². The Morgan fingerprint density at radius 2 is 1.62 bits per heavy atom. The molecule has 0 heterocycles. The van der Waals surface area contributed by atoms with Gasteiger partial charge in [0.05, 0.1) is 23.3 Å². The highest BCUT2D eigenvalue weighted by Crippen LogP contribution is 2.26. The van der Waals surface area contributed by atoms with Gasteiger partial charge in [0.15, 0.2) is 0 Å². The lowest BCUT2D eigenvalue weighted by Crippen LogP contribution is -2.38. The standard InChI is InChI=1S/C23H21ClN2O5S/c1-16-20(23(28)31-2)9-6-10-21(16)25-22(27)15-26(18-13-11-17(24)12-14-18)32(29,30)19-7-4-3-5-8-19/h3-14H,15H2,1-2H3,(H,25,27). The summed E-state index contributed by atoms with van der Waals surface area (Å²) in [5, 5.41) is 3.12. The van der Waals surface area contributed by atoms with E-state index in [-0.39, 0.29) is 10.6 Å². The van der Waals surface area contributed by atoms with Crippen LogP contribution in [0.25, 0.3) is 0 Å². The summed E-state index contributed by atoms with van der Waals surface area (Å²) >= 11 is 5.95. The molecule has 32 heavy (non-hydrogen) atoms. The van der Waals surface area contributed by atoms with Crippen molar-refractivity contribution in [1.29, 1.82) is 0 Å². The zero-order valence-electron chi connectivity index (χ0n) is 17.4. The molecule has 166 valence electrons. The first kappa shape index (κ1) is 23.3. The normalized spacial score (nSPS) is 11.0. The molecule has 0 unspecified atom stereocenters. The van der Waals surface area contributed by atoms with Crippen molar-refractivity contribution >= 4 is 44.9 Å². The second-order valence-electron chi connectivity index (χ2n) is 6.82. The number of benzene rings is 3. The van der Waals surface area contributed by atoms with Crippen LogP contribution in [0, 0.1) is 6.92 Å². The molecule has 0 atom stereocenters. The summed E-state index contributed by atoms with van der Waals surface area (Å²) in [5.41, 5.74) is 1.48. The van der Waals surface area contributed by atoms with E-state index in [1.807, 2.05) is 0 Å². The van der Waals surface area contributed by atoms with Gasteiger partial charge in [-0.2, -0.15) is 0 Å². The number of carbonyl (C=O) groups is 2. The number of hydrogen-bond donors (Lipinski definition) is 1. The third-order valence-electron chi connectivity index (χ3n) is 4.75. The molecular formula is C23H21ClN2O5S. The van der Waals surface area contributed by atoms with Crippen LogP contribution in [0.5, 0.6) is 0 Å². The monoisotopic (exact) mass is 472 g/mol. The number of nitrogens with zero attached hydrogens (tertiary/aromatic N) is 1. The number of rotatable bonds is 7. The minimum atomic E-state index is -4.03. The largest absolute Gasteiger partial charge is 0.465 e. The van der Waals surface area contributed by atoms with Gasteiger partial charge in [-0.15, -0.1) is 0 Å². The number of halogens is 1. The molecule has 9 heteroatoms. The highest BCUT2D eigenvalue weighted by Gasteiger charge is 2.27. The van der Waals surface area contributed by atoms with E-state index in [4.69, 9.17) is 16.3 Å². The average molecular weight is 473 g/mol. The van der Waals surface area contributed by atoms with Gasteiger partial charge in [-0.1, -0.05) is 35.9 Å². The fourth-order valence-electron chi connectivity index (χ4n) is 3.06. The lowest BCUT2D eigenvalue weighted by Gasteiger charge is -2.24. The summed E-state index contributed by atoms with van der Waals surface area (Å²) in [6.45, 7) is 1.18. The molecule has 0 aromatic heterocycles. The van der Waals surface area contributed by atoms with Crippen LogP contribution in [0.2, 0.25) is 5.02 Å². The molecule has 0 spiro atoms. The number of sulfonamides is 1. The van der Waals surface area contributed by atoms with Crippen molar-refractivity contribution in [3.8, 4) is 0 Å². The number of ether oxygens (including phenoxy) is 1. The van der Waals surface area contributed by atoms with Crippen LogP contribution in [0.4, 0.5) is 11.4 Å². The Morgan fingerprint density at radius 3 is 2.25 bits per heavy atom. The Labute approximate surface area is 191 Å². The molecule has 0 aliphatic rings. The maximum Gasteiger partial charge on any atom is 0.338 e. The van der Waals surface area contributed by atoms with Crippen LogP contribution in [0.1, 0.15) is 15.9 Å². The topological polar surface area (TPSA) is 92.8 Å². The quantitative estimate of drug-likeness (QED) is 0.518. The second-order valence-corrected chi connectivity index (χ2v) is 9.12. The molecule has 0 fully saturated rings. The van der Waals surface area contributed by atoms with E-state index in [0.717, 1.165) is 4.31 Å². The van der Waals surface area contributed by atoms with E-state index in [2.05, 4.69) is 5.32 Å². The average Bonchev–Trinajstić information content (AvgIpc) is 2.79. The summed E-state index contributed by atoms with van der Waals surface area (Å²) in [7, 11) is -2.77. The highest BCUT2D eigenvalue weighted by atomic mass is 35.5. The van der Waals surface area contributed by atoms with Crippen molar-refractivity contribution in [2.45, 2.75) is 11.8 Å². The fourth-order valence-corrected chi connectivity index (χ4v) is 4.63. The van der Waals surface area contributed by atoms with Gasteiger partial charge in [0.25, 0.3) is 10.0 Å². The zero-order valence-corrected chi connectivity index (χ0v) is 19.0. The minimum Gasteiger partial charge on any atom is -0.465 e. The summed E-state index contributed by atoms with van der Waals surface area (Å²) in [6.07, 6.45) is 0. The van der Waals surface area contributed by atoms with Crippen molar-refractivity contribution in [3.63, 3.8) is 0 Å². The third kappa shape index (κ3) is 5.09. The first-order valence-electron chi connectivity index (χ1n) is 9.55. The SMILES string of the molecule is COC(=O)c1cccc(NC(=O)CN(c2ccc(Cl)cc2)S(=O)(=O)c2ccccc2)c1C. The second kappa shape index (κ2) is 9.84. The number of hydrogen-bond acceptors (Lipinski definition) is 5. The molecule has 3 aromatic carbocycles. The molecule has 1 amide bonds. The maximum absolute atomic E-state index is 13.3. The molecule has 0 radical (unpaired) electrons. The van der Waals surface area contributed by atoms with Gasteiger partial charge >= 0.3 is 5.97 Å². The van der Waals surface area contributed by atoms with Crippen LogP contribution in [-0.2, 0) is 19.6 Å². The Morgan fingerprint density at radius 1 is 0.969 bits per heavy atom. The van der Waals surface area contributed by atoms with Gasteiger partial charge in [0.1, 0.15) is 6.54 Å². The van der Waals surface area contributed by atoms with Gasteiger partial charge in [-0.05, 0) is 61.0 Å².